The highest BCUT2D eigenvalue weighted by molar-refractivity contribution is 5.80. The van der Waals surface area contributed by atoms with Gasteiger partial charge in [0.25, 0.3) is 0 Å². The smallest absolute Gasteiger partial charge is 0.249 e. The maximum atomic E-state index is 12.0. The van der Waals surface area contributed by atoms with Crippen molar-refractivity contribution in [2.75, 3.05) is 6.61 Å². The Morgan fingerprint density at radius 2 is 2.19 bits per heavy atom. The molecule has 1 N–H and O–H groups in total. The van der Waals surface area contributed by atoms with Gasteiger partial charge in [0.05, 0.1) is 0 Å². The topological polar surface area (TPSA) is 60.5 Å². The molecule has 1 aromatic rings. The Morgan fingerprint density at radius 1 is 1.33 bits per heavy atom. The normalized spacial score (nSPS) is 22.4. The minimum atomic E-state index is -0.291. The molecule has 114 valence electrons. The first-order valence-corrected chi connectivity index (χ1v) is 7.83. The number of hydrogen-bond donors (Lipinski definition) is 1. The summed E-state index contributed by atoms with van der Waals surface area (Å²) in [6, 6.07) is 3.82. The third-order valence-electron chi connectivity index (χ3n) is 4.11. The Bertz CT molecular complexity index is 480. The van der Waals surface area contributed by atoms with Gasteiger partial charge in [-0.05, 0) is 44.6 Å². The molecule has 5 nitrogen and oxygen atoms in total. The van der Waals surface area contributed by atoms with Gasteiger partial charge in [0.1, 0.15) is 12.2 Å². The van der Waals surface area contributed by atoms with Gasteiger partial charge in [-0.15, -0.1) is 0 Å². The van der Waals surface area contributed by atoms with Crippen LogP contribution in [0.2, 0.25) is 0 Å². The van der Waals surface area contributed by atoms with E-state index in [0.717, 1.165) is 31.2 Å². The molecule has 0 spiro atoms. The Labute approximate surface area is 125 Å². The van der Waals surface area contributed by atoms with E-state index in [9.17, 15) is 4.79 Å². The van der Waals surface area contributed by atoms with Crippen LogP contribution in [0.4, 0.5) is 0 Å². The average molecular weight is 290 g/mol. The molecule has 0 aromatic carbocycles. The highest BCUT2D eigenvalue weighted by atomic mass is 16.5. The fourth-order valence-corrected chi connectivity index (χ4v) is 2.91. The van der Waals surface area contributed by atoms with E-state index in [0.29, 0.717) is 19.0 Å². The third-order valence-corrected chi connectivity index (χ3v) is 4.11. The zero-order chi connectivity index (χ0) is 14.5. The second kappa shape index (κ2) is 6.89. The second-order valence-electron chi connectivity index (χ2n) is 5.71. The molecule has 21 heavy (non-hydrogen) atoms. The molecule has 2 heterocycles. The molecule has 3 rings (SSSR count). The molecular formula is C16H22N2O3. The van der Waals surface area contributed by atoms with Crippen LogP contribution in [0.3, 0.4) is 0 Å². The number of amides is 1. The van der Waals surface area contributed by atoms with Gasteiger partial charge in [0.15, 0.2) is 0 Å². The molecule has 1 amide bonds. The number of carbonyl (C=O) groups is 1. The summed E-state index contributed by atoms with van der Waals surface area (Å²) in [7, 11) is 0. The lowest BCUT2D eigenvalue weighted by molar-refractivity contribution is -0.130. The Kier molecular flexibility index (Phi) is 4.70. The summed E-state index contributed by atoms with van der Waals surface area (Å²) in [5, 5.41) is 2.92. The molecule has 1 aromatic heterocycles. The van der Waals surface area contributed by atoms with Crippen LogP contribution < -0.4 is 10.1 Å². The summed E-state index contributed by atoms with van der Waals surface area (Å²) in [6.45, 7) is 1.12. The van der Waals surface area contributed by atoms with Crippen molar-refractivity contribution in [3.05, 3.63) is 23.9 Å². The predicted molar refractivity (Wildman–Crippen MR) is 77.9 cm³/mol. The van der Waals surface area contributed by atoms with Crippen LogP contribution in [0.1, 0.15) is 44.1 Å². The lowest BCUT2D eigenvalue weighted by Gasteiger charge is -2.16. The van der Waals surface area contributed by atoms with E-state index < -0.39 is 0 Å². The number of rotatable bonds is 5. The van der Waals surface area contributed by atoms with E-state index in [1.165, 1.54) is 12.8 Å². The largest absolute Gasteiger partial charge is 0.474 e. The van der Waals surface area contributed by atoms with Crippen LogP contribution in [0.15, 0.2) is 18.3 Å². The zero-order valence-electron chi connectivity index (χ0n) is 12.2. The van der Waals surface area contributed by atoms with Gasteiger partial charge in [-0.2, -0.15) is 0 Å². The standard InChI is InChI=1S/C16H22N2O3/c19-15(14-8-4-10-20-14)18-11-12-5-3-9-17-16(12)21-13-6-1-2-7-13/h3,5,9,13-14H,1-2,4,6-8,10-11H2,(H,18,19). The van der Waals surface area contributed by atoms with Crippen molar-refractivity contribution in [1.29, 1.82) is 0 Å². The number of carbonyl (C=O) groups excluding carboxylic acids is 1. The van der Waals surface area contributed by atoms with Gasteiger partial charge in [-0.3, -0.25) is 4.79 Å². The quantitative estimate of drug-likeness (QED) is 0.903. The highest BCUT2D eigenvalue weighted by Crippen LogP contribution is 2.25. The van der Waals surface area contributed by atoms with Crippen molar-refractivity contribution in [2.24, 2.45) is 0 Å². The van der Waals surface area contributed by atoms with Crippen LogP contribution in [0.5, 0.6) is 5.88 Å². The molecule has 0 radical (unpaired) electrons. The fourth-order valence-electron chi connectivity index (χ4n) is 2.91. The van der Waals surface area contributed by atoms with E-state index in [-0.39, 0.29) is 18.1 Å². The molecule has 2 aliphatic rings. The number of nitrogens with one attached hydrogen (secondary N) is 1. The van der Waals surface area contributed by atoms with Crippen molar-refractivity contribution in [2.45, 2.75) is 57.3 Å². The molecule has 1 unspecified atom stereocenters. The van der Waals surface area contributed by atoms with Crippen molar-refractivity contribution in [3.8, 4) is 5.88 Å². The number of pyridine rings is 1. The SMILES string of the molecule is O=C(NCc1cccnc1OC1CCCC1)C1CCCO1. The highest BCUT2D eigenvalue weighted by Gasteiger charge is 2.24. The lowest BCUT2D eigenvalue weighted by atomic mass is 10.2. The Morgan fingerprint density at radius 3 is 2.95 bits per heavy atom. The van der Waals surface area contributed by atoms with E-state index in [1.807, 2.05) is 12.1 Å². The third kappa shape index (κ3) is 3.73. The predicted octanol–water partition coefficient (Wildman–Crippen LogP) is 2.20. The maximum absolute atomic E-state index is 12.0. The minimum absolute atomic E-state index is 0.0387. The van der Waals surface area contributed by atoms with Crippen LogP contribution in [0.25, 0.3) is 0 Å². The summed E-state index contributed by atoms with van der Waals surface area (Å²) >= 11 is 0. The minimum Gasteiger partial charge on any atom is -0.474 e. The van der Waals surface area contributed by atoms with Gasteiger partial charge >= 0.3 is 0 Å². The number of hydrogen-bond acceptors (Lipinski definition) is 4. The first kappa shape index (κ1) is 14.3. The van der Waals surface area contributed by atoms with E-state index in [4.69, 9.17) is 9.47 Å². The molecule has 2 fully saturated rings. The zero-order valence-corrected chi connectivity index (χ0v) is 12.2. The summed E-state index contributed by atoms with van der Waals surface area (Å²) in [5.74, 6) is 0.611. The lowest BCUT2D eigenvalue weighted by Crippen LogP contribution is -2.33. The Balaban J connectivity index is 1.57. The van der Waals surface area contributed by atoms with Gasteiger partial charge in [-0.1, -0.05) is 6.07 Å². The van der Waals surface area contributed by atoms with Crippen LogP contribution in [-0.2, 0) is 16.1 Å². The van der Waals surface area contributed by atoms with Crippen molar-refractivity contribution in [1.82, 2.24) is 10.3 Å². The summed E-state index contributed by atoms with van der Waals surface area (Å²) in [5.41, 5.74) is 0.927. The molecule has 0 bridgehead atoms. The molecule has 1 atom stereocenters. The van der Waals surface area contributed by atoms with Crippen LogP contribution >= 0.6 is 0 Å². The molecule has 1 saturated heterocycles. The van der Waals surface area contributed by atoms with Crippen LogP contribution in [-0.4, -0.2) is 29.7 Å². The molecule has 1 aliphatic heterocycles. The Hall–Kier alpha value is -1.62. The number of aromatic nitrogens is 1. The average Bonchev–Trinajstić information content (AvgIpc) is 3.19. The monoisotopic (exact) mass is 290 g/mol. The second-order valence-corrected chi connectivity index (χ2v) is 5.71. The summed E-state index contributed by atoms with van der Waals surface area (Å²) in [6.07, 6.45) is 8.12. The van der Waals surface area contributed by atoms with Gasteiger partial charge < -0.3 is 14.8 Å². The fraction of sp³-hybridized carbons (Fsp3) is 0.625. The molecule has 1 aliphatic carbocycles. The van der Waals surface area contributed by atoms with E-state index in [2.05, 4.69) is 10.3 Å². The number of nitrogens with zero attached hydrogens (tertiary/aromatic N) is 1. The first-order valence-electron chi connectivity index (χ1n) is 7.83. The van der Waals surface area contributed by atoms with Gasteiger partial charge in [0, 0.05) is 24.9 Å². The number of ether oxygens (including phenoxy) is 2. The molecular weight excluding hydrogens is 268 g/mol. The van der Waals surface area contributed by atoms with Gasteiger partial charge in [-0.25, -0.2) is 4.98 Å². The van der Waals surface area contributed by atoms with Crippen molar-refractivity contribution < 1.29 is 14.3 Å². The summed E-state index contributed by atoms with van der Waals surface area (Å²) in [4.78, 5) is 16.3. The van der Waals surface area contributed by atoms with E-state index in [1.54, 1.807) is 6.20 Å². The first-order chi connectivity index (χ1) is 10.3. The molecule has 5 heteroatoms. The van der Waals surface area contributed by atoms with Crippen molar-refractivity contribution >= 4 is 5.91 Å². The maximum Gasteiger partial charge on any atom is 0.249 e. The van der Waals surface area contributed by atoms with Crippen LogP contribution in [0, 0.1) is 0 Å². The van der Waals surface area contributed by atoms with Crippen molar-refractivity contribution in [3.63, 3.8) is 0 Å². The summed E-state index contributed by atoms with van der Waals surface area (Å²) < 4.78 is 11.4. The van der Waals surface area contributed by atoms with Gasteiger partial charge in [0.2, 0.25) is 11.8 Å². The van der Waals surface area contributed by atoms with E-state index >= 15 is 0 Å². The molecule has 1 saturated carbocycles.